The molecule has 1 saturated carbocycles. The second-order valence-electron chi connectivity index (χ2n) is 8.67. The van der Waals surface area contributed by atoms with E-state index in [4.69, 9.17) is 9.90 Å². The van der Waals surface area contributed by atoms with Crippen molar-refractivity contribution in [2.24, 2.45) is 0 Å². The average molecular weight is 606 g/mol. The summed E-state index contributed by atoms with van der Waals surface area (Å²) in [6.45, 7) is 1.15. The number of alkyl halides is 6. The molecule has 1 aliphatic carbocycles. The fourth-order valence-corrected chi connectivity index (χ4v) is 6.04. The molecule has 3 N–H and O–H groups in total. The molecular formula is C21H25F6N5O5S2. The first-order valence-corrected chi connectivity index (χ1v) is 14.0. The molecule has 0 bridgehead atoms. The molecule has 0 spiro atoms. The summed E-state index contributed by atoms with van der Waals surface area (Å²) in [5, 5.41) is 14.1. The third-order valence-electron chi connectivity index (χ3n) is 5.86. The molecule has 0 unspecified atom stereocenters. The number of hydrogen-bond acceptors (Lipinski definition) is 8. The van der Waals surface area contributed by atoms with Crippen LogP contribution in [-0.2, 0) is 21.0 Å². The number of amides is 1. The summed E-state index contributed by atoms with van der Waals surface area (Å²) in [6.07, 6.45) is -7.55. The van der Waals surface area contributed by atoms with Gasteiger partial charge in [-0.15, -0.1) is 11.3 Å². The second-order valence-corrected chi connectivity index (χ2v) is 11.6. The van der Waals surface area contributed by atoms with E-state index in [1.54, 1.807) is 4.90 Å². The fourth-order valence-electron chi connectivity index (χ4n) is 3.67. The van der Waals surface area contributed by atoms with Crippen LogP contribution in [0.4, 0.5) is 32.2 Å². The van der Waals surface area contributed by atoms with Crippen molar-refractivity contribution in [3.63, 3.8) is 0 Å². The van der Waals surface area contributed by atoms with Crippen molar-refractivity contribution in [3.8, 4) is 0 Å². The molecule has 2 aromatic rings. The zero-order valence-corrected chi connectivity index (χ0v) is 22.0. The van der Waals surface area contributed by atoms with Gasteiger partial charge in [0.05, 0.1) is 27.1 Å². The van der Waals surface area contributed by atoms with Crippen LogP contribution in [0.2, 0.25) is 0 Å². The SMILES string of the molecule is CNC(=O)c1csc2c(C(F)(F)F)cc(N3CCN(S(=O)(=O)CCNC4CC4)CC3)nc12.O=C(O)C(F)(F)F. The van der Waals surface area contributed by atoms with E-state index < -0.39 is 39.8 Å². The number of nitrogens with zero attached hydrogens (tertiary/aromatic N) is 3. The summed E-state index contributed by atoms with van der Waals surface area (Å²) >= 11 is 0.829. The van der Waals surface area contributed by atoms with E-state index >= 15 is 0 Å². The van der Waals surface area contributed by atoms with Crippen molar-refractivity contribution in [1.29, 1.82) is 0 Å². The Hall–Kier alpha value is -2.70. The van der Waals surface area contributed by atoms with Crippen molar-refractivity contribution in [1.82, 2.24) is 19.9 Å². The van der Waals surface area contributed by atoms with Crippen LogP contribution in [0.15, 0.2) is 11.4 Å². The first-order valence-electron chi connectivity index (χ1n) is 11.5. The number of hydrogen-bond donors (Lipinski definition) is 3. The maximum atomic E-state index is 13.7. The van der Waals surface area contributed by atoms with E-state index in [1.165, 1.54) is 16.7 Å². The van der Waals surface area contributed by atoms with E-state index in [1.807, 2.05) is 0 Å². The third kappa shape index (κ3) is 7.92. The van der Waals surface area contributed by atoms with Crippen LogP contribution in [-0.4, -0.2) is 92.4 Å². The molecule has 3 heterocycles. The van der Waals surface area contributed by atoms with E-state index in [0.29, 0.717) is 12.6 Å². The molecule has 0 aromatic carbocycles. The molecule has 0 radical (unpaired) electrons. The number of carbonyl (C=O) groups is 2. The normalized spacial score (nSPS) is 17.1. The summed E-state index contributed by atoms with van der Waals surface area (Å²) in [4.78, 5) is 27.0. The minimum atomic E-state index is -5.08. The Kier molecular flexibility index (Phi) is 9.34. The summed E-state index contributed by atoms with van der Waals surface area (Å²) in [5.41, 5.74) is -0.761. The number of aromatic nitrogens is 1. The first-order chi connectivity index (χ1) is 18.0. The maximum absolute atomic E-state index is 13.7. The lowest BCUT2D eigenvalue weighted by Gasteiger charge is -2.35. The summed E-state index contributed by atoms with van der Waals surface area (Å²) in [5.74, 6) is -3.19. The molecule has 1 amide bonds. The van der Waals surface area contributed by atoms with Gasteiger partial charge in [0.2, 0.25) is 10.0 Å². The number of rotatable bonds is 7. The largest absolute Gasteiger partial charge is 0.490 e. The zero-order chi connectivity index (χ0) is 29.2. The minimum Gasteiger partial charge on any atom is -0.475 e. The molecule has 2 fully saturated rings. The highest BCUT2D eigenvalue weighted by Crippen LogP contribution is 2.40. The Morgan fingerprint density at radius 2 is 1.72 bits per heavy atom. The van der Waals surface area contributed by atoms with Gasteiger partial charge >= 0.3 is 18.3 Å². The molecule has 39 heavy (non-hydrogen) atoms. The zero-order valence-electron chi connectivity index (χ0n) is 20.4. The van der Waals surface area contributed by atoms with Gasteiger partial charge in [0.1, 0.15) is 5.82 Å². The number of anilines is 1. The van der Waals surface area contributed by atoms with E-state index in [0.717, 1.165) is 30.2 Å². The Bertz CT molecular complexity index is 1300. The van der Waals surface area contributed by atoms with E-state index in [9.17, 15) is 39.6 Å². The Morgan fingerprint density at radius 1 is 1.13 bits per heavy atom. The van der Waals surface area contributed by atoms with Gasteiger partial charge in [0.25, 0.3) is 5.91 Å². The van der Waals surface area contributed by atoms with Crippen LogP contribution in [0.25, 0.3) is 10.2 Å². The molecule has 18 heteroatoms. The summed E-state index contributed by atoms with van der Waals surface area (Å²) in [7, 11) is -2.04. The highest BCUT2D eigenvalue weighted by molar-refractivity contribution is 7.89. The molecule has 2 aromatic heterocycles. The monoisotopic (exact) mass is 605 g/mol. The van der Waals surface area contributed by atoms with Crippen LogP contribution >= 0.6 is 11.3 Å². The number of carbonyl (C=O) groups excluding carboxylic acids is 1. The van der Waals surface area contributed by atoms with Gasteiger partial charge in [-0.1, -0.05) is 0 Å². The molecule has 1 aliphatic heterocycles. The van der Waals surface area contributed by atoms with Crippen molar-refractivity contribution in [3.05, 3.63) is 22.6 Å². The Balaban J connectivity index is 0.000000532. The van der Waals surface area contributed by atoms with Gasteiger partial charge in [-0.25, -0.2) is 18.2 Å². The number of pyridine rings is 1. The van der Waals surface area contributed by atoms with Gasteiger partial charge in [-0.2, -0.15) is 30.6 Å². The predicted octanol–water partition coefficient (Wildman–Crippen LogP) is 2.51. The van der Waals surface area contributed by atoms with Crippen LogP contribution in [0.5, 0.6) is 0 Å². The highest BCUT2D eigenvalue weighted by atomic mass is 32.2. The topological polar surface area (TPSA) is 132 Å². The molecule has 10 nitrogen and oxygen atoms in total. The lowest BCUT2D eigenvalue weighted by Crippen LogP contribution is -2.50. The van der Waals surface area contributed by atoms with Crippen molar-refractivity contribution >= 4 is 49.3 Å². The first kappa shape index (κ1) is 30.8. The predicted molar refractivity (Wildman–Crippen MR) is 130 cm³/mol. The molecule has 218 valence electrons. The smallest absolute Gasteiger partial charge is 0.475 e. The van der Waals surface area contributed by atoms with Crippen molar-refractivity contribution < 1.29 is 49.5 Å². The number of nitrogens with one attached hydrogen (secondary N) is 2. The van der Waals surface area contributed by atoms with Crippen LogP contribution in [0, 0.1) is 0 Å². The standard InChI is InChI=1S/C19H24F3N5O3S2.C2HF3O2/c1-23-18(28)13-11-31-17-14(19(20,21)22)10-15(25-16(13)17)26-5-7-27(8-6-26)32(29,30)9-4-24-12-2-3-12;3-2(4,5)1(6)7/h10-12,24H,2-9H2,1H3,(H,23,28);(H,6,7). The van der Waals surface area contributed by atoms with Gasteiger partial charge in [0, 0.05) is 51.2 Å². The molecule has 4 rings (SSSR count). The van der Waals surface area contributed by atoms with Gasteiger partial charge in [0.15, 0.2) is 0 Å². The quantitative estimate of drug-likeness (QED) is 0.411. The lowest BCUT2D eigenvalue weighted by atomic mass is 10.1. The van der Waals surface area contributed by atoms with Crippen LogP contribution in [0.1, 0.15) is 28.8 Å². The third-order valence-corrected chi connectivity index (χ3v) is 8.73. The second kappa shape index (κ2) is 11.8. The Morgan fingerprint density at radius 3 is 2.21 bits per heavy atom. The number of carboxylic acids is 1. The molecule has 0 atom stereocenters. The van der Waals surface area contributed by atoms with Crippen LogP contribution in [0.3, 0.4) is 0 Å². The minimum absolute atomic E-state index is 0.000349. The number of thiophene rings is 1. The van der Waals surface area contributed by atoms with Crippen molar-refractivity contribution in [2.45, 2.75) is 31.2 Å². The number of sulfonamides is 1. The Labute approximate surface area is 223 Å². The fraction of sp³-hybridized carbons (Fsp3) is 0.571. The number of halogens is 6. The summed E-state index contributed by atoms with van der Waals surface area (Å²) in [6, 6.07) is 1.40. The molecular weight excluding hydrogens is 580 g/mol. The average Bonchev–Trinajstić information content (AvgIpc) is 3.58. The maximum Gasteiger partial charge on any atom is 0.490 e. The summed E-state index contributed by atoms with van der Waals surface area (Å²) < 4.78 is 99.3. The molecule has 1 saturated heterocycles. The van der Waals surface area contributed by atoms with Crippen molar-refractivity contribution in [2.75, 3.05) is 50.4 Å². The van der Waals surface area contributed by atoms with Crippen LogP contribution < -0.4 is 15.5 Å². The lowest BCUT2D eigenvalue weighted by molar-refractivity contribution is -0.192. The number of aliphatic carboxylic acids is 1. The molecule has 2 aliphatic rings. The van der Waals surface area contributed by atoms with Gasteiger partial charge < -0.3 is 20.6 Å². The highest BCUT2D eigenvalue weighted by Gasteiger charge is 2.38. The number of piperazine rings is 1. The van der Waals surface area contributed by atoms with E-state index in [2.05, 4.69) is 15.6 Å². The van der Waals surface area contributed by atoms with E-state index in [-0.39, 0.29) is 53.5 Å². The van der Waals surface area contributed by atoms with Gasteiger partial charge in [-0.3, -0.25) is 4.79 Å². The van der Waals surface area contributed by atoms with Gasteiger partial charge in [-0.05, 0) is 18.9 Å². The number of fused-ring (bicyclic) bond motifs is 1. The number of carboxylic acid groups (broad SMARTS) is 1.